The van der Waals surface area contributed by atoms with Crippen LogP contribution in [0.1, 0.15) is 27.7 Å². The predicted octanol–water partition coefficient (Wildman–Crippen LogP) is 0.297. The minimum atomic E-state index is -0.419. The maximum atomic E-state index is 9.16. The van der Waals surface area contributed by atoms with Crippen molar-refractivity contribution in [3.05, 3.63) is 0 Å². The summed E-state index contributed by atoms with van der Waals surface area (Å²) in [5.74, 6) is 0. The van der Waals surface area contributed by atoms with Crippen molar-refractivity contribution in [3.8, 4) is 0 Å². The first kappa shape index (κ1) is 15.8. The highest BCUT2D eigenvalue weighted by Gasteiger charge is 2.22. The number of hydrogen-bond acceptors (Lipinski definition) is 4. The minimum absolute atomic E-state index is 0.00842. The van der Waals surface area contributed by atoms with Crippen LogP contribution in [0.15, 0.2) is 0 Å². The van der Waals surface area contributed by atoms with Gasteiger partial charge in [0.1, 0.15) is 0 Å². The van der Waals surface area contributed by atoms with E-state index in [1.54, 1.807) is 0 Å². The average molecular weight is 232 g/mol. The third kappa shape index (κ3) is 5.80. The van der Waals surface area contributed by atoms with Gasteiger partial charge in [-0.3, -0.25) is 0 Å². The lowest BCUT2D eigenvalue weighted by atomic mass is 9.93. The van der Waals surface area contributed by atoms with Gasteiger partial charge in [-0.2, -0.15) is 0 Å². The van der Waals surface area contributed by atoms with Crippen LogP contribution >= 0.6 is 0 Å². The van der Waals surface area contributed by atoms with E-state index in [4.69, 9.17) is 10.2 Å². The van der Waals surface area contributed by atoms with Crippen molar-refractivity contribution in [3.63, 3.8) is 0 Å². The third-order valence-corrected chi connectivity index (χ3v) is 3.07. The van der Waals surface area contributed by atoms with Gasteiger partial charge in [-0.15, -0.1) is 0 Å². The van der Waals surface area contributed by atoms with Crippen molar-refractivity contribution >= 4 is 0 Å². The first-order chi connectivity index (χ1) is 7.51. The zero-order valence-corrected chi connectivity index (χ0v) is 11.2. The number of likely N-dealkylation sites (N-methyl/N-ethyl adjacent to an activating group) is 1. The molecule has 0 fully saturated rings. The van der Waals surface area contributed by atoms with Crippen molar-refractivity contribution in [1.82, 2.24) is 10.2 Å². The molecule has 0 radical (unpaired) electrons. The van der Waals surface area contributed by atoms with Crippen LogP contribution in [-0.4, -0.2) is 60.5 Å². The molecule has 0 aromatic carbocycles. The zero-order valence-electron chi connectivity index (χ0n) is 11.2. The Kier molecular flexibility index (Phi) is 7.93. The molecular formula is C12H28N2O2. The summed E-state index contributed by atoms with van der Waals surface area (Å²) in [5.41, 5.74) is -0.419. The molecule has 0 saturated heterocycles. The molecule has 0 spiro atoms. The van der Waals surface area contributed by atoms with Crippen molar-refractivity contribution in [2.75, 3.05) is 39.4 Å². The number of aliphatic hydroxyl groups excluding tert-OH is 2. The Balaban J connectivity index is 3.92. The second-order valence-corrected chi connectivity index (χ2v) is 4.89. The van der Waals surface area contributed by atoms with Gasteiger partial charge in [-0.25, -0.2) is 0 Å². The molecule has 0 heterocycles. The normalized spacial score (nSPS) is 14.4. The second-order valence-electron chi connectivity index (χ2n) is 4.89. The van der Waals surface area contributed by atoms with Gasteiger partial charge in [0.25, 0.3) is 0 Å². The van der Waals surface area contributed by atoms with Crippen LogP contribution in [0.2, 0.25) is 0 Å². The van der Waals surface area contributed by atoms with Crippen LogP contribution in [0.4, 0.5) is 0 Å². The Labute approximate surface area is 99.7 Å². The molecule has 16 heavy (non-hydrogen) atoms. The molecule has 1 unspecified atom stereocenters. The minimum Gasteiger partial charge on any atom is -0.396 e. The molecule has 98 valence electrons. The topological polar surface area (TPSA) is 55.7 Å². The Morgan fingerprint density at radius 2 is 1.69 bits per heavy atom. The molecule has 0 rings (SSSR count). The van der Waals surface area contributed by atoms with E-state index in [1.807, 2.05) is 6.92 Å². The standard InChI is InChI=1S/C12H28N2O2/c1-5-14(6-2)7-11(3)13-8-12(4,9-15)10-16/h11,13,15-16H,5-10H2,1-4H3. The maximum Gasteiger partial charge on any atom is 0.0518 e. The van der Waals surface area contributed by atoms with Crippen LogP contribution in [-0.2, 0) is 0 Å². The van der Waals surface area contributed by atoms with E-state index in [2.05, 4.69) is 31.0 Å². The molecule has 4 heteroatoms. The molecule has 0 aliphatic rings. The van der Waals surface area contributed by atoms with Gasteiger partial charge in [0.15, 0.2) is 0 Å². The molecular weight excluding hydrogens is 204 g/mol. The van der Waals surface area contributed by atoms with Gasteiger partial charge in [0, 0.05) is 24.5 Å². The van der Waals surface area contributed by atoms with Crippen molar-refractivity contribution in [2.24, 2.45) is 5.41 Å². The third-order valence-electron chi connectivity index (χ3n) is 3.07. The molecule has 0 amide bonds. The summed E-state index contributed by atoms with van der Waals surface area (Å²) < 4.78 is 0. The van der Waals surface area contributed by atoms with E-state index >= 15 is 0 Å². The fourth-order valence-corrected chi connectivity index (χ4v) is 1.52. The van der Waals surface area contributed by atoms with E-state index in [1.165, 1.54) is 0 Å². The van der Waals surface area contributed by atoms with Crippen LogP contribution in [0.5, 0.6) is 0 Å². The molecule has 0 aromatic heterocycles. The summed E-state index contributed by atoms with van der Waals surface area (Å²) in [5, 5.41) is 21.7. The van der Waals surface area contributed by atoms with Crippen LogP contribution in [0.25, 0.3) is 0 Å². The summed E-state index contributed by atoms with van der Waals surface area (Å²) >= 11 is 0. The molecule has 3 N–H and O–H groups in total. The summed E-state index contributed by atoms with van der Waals surface area (Å²) in [6.07, 6.45) is 0. The van der Waals surface area contributed by atoms with Crippen molar-refractivity contribution in [2.45, 2.75) is 33.7 Å². The molecule has 0 saturated carbocycles. The van der Waals surface area contributed by atoms with Gasteiger partial charge in [-0.05, 0) is 20.0 Å². The molecule has 4 nitrogen and oxygen atoms in total. The molecule has 0 aliphatic heterocycles. The smallest absolute Gasteiger partial charge is 0.0518 e. The predicted molar refractivity (Wildman–Crippen MR) is 67.5 cm³/mol. The number of rotatable bonds is 9. The fraction of sp³-hybridized carbons (Fsp3) is 1.00. The van der Waals surface area contributed by atoms with Crippen molar-refractivity contribution < 1.29 is 10.2 Å². The highest BCUT2D eigenvalue weighted by molar-refractivity contribution is 4.77. The Morgan fingerprint density at radius 1 is 1.19 bits per heavy atom. The number of aliphatic hydroxyl groups is 2. The second kappa shape index (κ2) is 8.01. The fourth-order valence-electron chi connectivity index (χ4n) is 1.52. The Morgan fingerprint density at radius 3 is 2.06 bits per heavy atom. The summed E-state index contributed by atoms with van der Waals surface area (Å²) in [6, 6.07) is 0.373. The van der Waals surface area contributed by atoms with Gasteiger partial charge in [-0.1, -0.05) is 20.8 Å². The molecule has 0 bridgehead atoms. The lowest BCUT2D eigenvalue weighted by Crippen LogP contribution is -2.45. The Hall–Kier alpha value is -0.160. The first-order valence-corrected chi connectivity index (χ1v) is 6.18. The SMILES string of the molecule is CCN(CC)CC(C)NCC(C)(CO)CO. The monoisotopic (exact) mass is 232 g/mol. The summed E-state index contributed by atoms with van der Waals surface area (Å²) in [7, 11) is 0. The van der Waals surface area contributed by atoms with Crippen LogP contribution < -0.4 is 5.32 Å². The van der Waals surface area contributed by atoms with Gasteiger partial charge < -0.3 is 20.4 Å². The first-order valence-electron chi connectivity index (χ1n) is 6.18. The number of nitrogens with zero attached hydrogens (tertiary/aromatic N) is 1. The summed E-state index contributed by atoms with van der Waals surface area (Å²) in [6.45, 7) is 12.1. The maximum absolute atomic E-state index is 9.16. The average Bonchev–Trinajstić information content (AvgIpc) is 2.33. The van der Waals surface area contributed by atoms with E-state index < -0.39 is 5.41 Å². The van der Waals surface area contributed by atoms with Crippen LogP contribution in [0.3, 0.4) is 0 Å². The molecule has 0 aliphatic carbocycles. The highest BCUT2D eigenvalue weighted by Crippen LogP contribution is 2.12. The quantitative estimate of drug-likeness (QED) is 0.535. The van der Waals surface area contributed by atoms with Gasteiger partial charge in [0.2, 0.25) is 0 Å². The lowest BCUT2D eigenvalue weighted by Gasteiger charge is -2.29. The van der Waals surface area contributed by atoms with Gasteiger partial charge >= 0.3 is 0 Å². The molecule has 0 aromatic rings. The van der Waals surface area contributed by atoms with E-state index in [0.717, 1.165) is 19.6 Å². The van der Waals surface area contributed by atoms with Crippen LogP contribution in [0, 0.1) is 5.41 Å². The Bertz CT molecular complexity index is 168. The highest BCUT2D eigenvalue weighted by atomic mass is 16.3. The van der Waals surface area contributed by atoms with Crippen molar-refractivity contribution in [1.29, 1.82) is 0 Å². The largest absolute Gasteiger partial charge is 0.396 e. The van der Waals surface area contributed by atoms with E-state index in [0.29, 0.717) is 12.6 Å². The number of hydrogen-bond donors (Lipinski definition) is 3. The zero-order chi connectivity index (χ0) is 12.6. The van der Waals surface area contributed by atoms with E-state index in [-0.39, 0.29) is 13.2 Å². The number of nitrogens with one attached hydrogen (secondary N) is 1. The van der Waals surface area contributed by atoms with Gasteiger partial charge in [0.05, 0.1) is 13.2 Å². The molecule has 1 atom stereocenters. The van der Waals surface area contributed by atoms with E-state index in [9.17, 15) is 0 Å². The summed E-state index contributed by atoms with van der Waals surface area (Å²) in [4.78, 5) is 2.35. The lowest BCUT2D eigenvalue weighted by molar-refractivity contribution is 0.0665.